The van der Waals surface area contributed by atoms with Gasteiger partial charge in [0, 0.05) is 30.9 Å². The van der Waals surface area contributed by atoms with Crippen molar-refractivity contribution in [3.8, 4) is 6.07 Å². The van der Waals surface area contributed by atoms with E-state index in [1.54, 1.807) is 6.20 Å². The molecule has 0 aromatic carbocycles. The maximum absolute atomic E-state index is 9.06. The molecule has 4 heteroatoms. The second-order valence-corrected chi connectivity index (χ2v) is 5.08. The fraction of sp³-hybridized carbons (Fsp3) is 0.571. The number of nitrogens with zero attached hydrogens (tertiary/aromatic N) is 3. The summed E-state index contributed by atoms with van der Waals surface area (Å²) in [6.07, 6.45) is 4.07. The summed E-state index contributed by atoms with van der Waals surface area (Å²) in [5.74, 6) is 0.586. The number of hydrogen-bond acceptors (Lipinski definition) is 4. The van der Waals surface area contributed by atoms with Crippen LogP contribution in [0.4, 0.5) is 0 Å². The lowest BCUT2D eigenvalue weighted by Gasteiger charge is -2.37. The molecule has 1 fully saturated rings. The summed E-state index contributed by atoms with van der Waals surface area (Å²) in [6.45, 7) is 4.82. The zero-order valence-electron chi connectivity index (χ0n) is 10.8. The predicted octanol–water partition coefficient (Wildman–Crippen LogP) is 1.51. The van der Waals surface area contributed by atoms with Crippen molar-refractivity contribution in [3.63, 3.8) is 0 Å². The van der Waals surface area contributed by atoms with Gasteiger partial charge in [0.25, 0.3) is 0 Å². The van der Waals surface area contributed by atoms with Crippen molar-refractivity contribution in [1.82, 2.24) is 9.88 Å². The van der Waals surface area contributed by atoms with E-state index in [1.165, 1.54) is 12.8 Å². The highest BCUT2D eigenvalue weighted by molar-refractivity contribution is 5.30. The lowest BCUT2D eigenvalue weighted by atomic mass is 9.93. The number of nitriles is 1. The highest BCUT2D eigenvalue weighted by Crippen LogP contribution is 2.23. The molecule has 0 spiro atoms. The van der Waals surface area contributed by atoms with Crippen LogP contribution in [0.1, 0.15) is 31.0 Å². The van der Waals surface area contributed by atoms with E-state index in [0.29, 0.717) is 17.7 Å². The smallest absolute Gasteiger partial charge is 0.144 e. The zero-order valence-corrected chi connectivity index (χ0v) is 10.8. The maximum atomic E-state index is 9.06. The van der Waals surface area contributed by atoms with Crippen molar-refractivity contribution in [2.75, 3.05) is 13.1 Å². The molecule has 96 valence electrons. The lowest BCUT2D eigenvalue weighted by molar-refractivity contribution is 0.113. The van der Waals surface area contributed by atoms with Crippen LogP contribution >= 0.6 is 0 Å². The van der Waals surface area contributed by atoms with Crippen LogP contribution in [-0.2, 0) is 6.54 Å². The van der Waals surface area contributed by atoms with Gasteiger partial charge in [0.2, 0.25) is 0 Å². The van der Waals surface area contributed by atoms with Gasteiger partial charge in [0.1, 0.15) is 11.8 Å². The molecule has 1 saturated heterocycles. The zero-order chi connectivity index (χ0) is 13.0. The van der Waals surface area contributed by atoms with Crippen molar-refractivity contribution < 1.29 is 0 Å². The van der Waals surface area contributed by atoms with Gasteiger partial charge in [0.15, 0.2) is 0 Å². The van der Waals surface area contributed by atoms with Crippen LogP contribution in [0.3, 0.4) is 0 Å². The van der Waals surface area contributed by atoms with E-state index < -0.39 is 0 Å². The minimum atomic E-state index is 0.541. The summed E-state index contributed by atoms with van der Waals surface area (Å²) >= 11 is 0. The molecule has 2 rings (SSSR count). The van der Waals surface area contributed by atoms with Crippen molar-refractivity contribution in [1.29, 1.82) is 5.26 Å². The molecule has 0 radical (unpaired) electrons. The van der Waals surface area contributed by atoms with E-state index in [0.717, 1.165) is 25.2 Å². The summed E-state index contributed by atoms with van der Waals surface area (Å²) in [7, 11) is 0. The van der Waals surface area contributed by atoms with E-state index in [1.807, 2.05) is 12.1 Å². The minimum absolute atomic E-state index is 0.541. The maximum Gasteiger partial charge on any atom is 0.144 e. The average molecular weight is 244 g/mol. The first kappa shape index (κ1) is 13.0. The second kappa shape index (κ2) is 5.94. The number of nitrogens with two attached hydrogens (primary N) is 1. The Bertz CT molecular complexity index is 438. The molecule has 4 nitrogen and oxygen atoms in total. The number of piperidine rings is 1. The summed E-state index contributed by atoms with van der Waals surface area (Å²) in [6, 6.07) is 6.60. The Labute approximate surface area is 108 Å². The molecular weight excluding hydrogens is 224 g/mol. The fourth-order valence-corrected chi connectivity index (χ4v) is 2.56. The Balaban J connectivity index is 2.10. The molecule has 18 heavy (non-hydrogen) atoms. The van der Waals surface area contributed by atoms with Crippen molar-refractivity contribution in [2.45, 2.75) is 32.4 Å². The van der Waals surface area contributed by atoms with Gasteiger partial charge in [-0.25, -0.2) is 4.98 Å². The van der Waals surface area contributed by atoms with Crippen LogP contribution in [0, 0.1) is 17.2 Å². The quantitative estimate of drug-likeness (QED) is 0.875. The molecule has 1 aliphatic rings. The third-order valence-corrected chi connectivity index (χ3v) is 3.81. The predicted molar refractivity (Wildman–Crippen MR) is 70.6 cm³/mol. The Morgan fingerprint density at radius 2 is 2.39 bits per heavy atom. The number of aromatic nitrogens is 1. The molecule has 0 amide bonds. The van der Waals surface area contributed by atoms with Crippen LogP contribution in [0.25, 0.3) is 0 Å². The Morgan fingerprint density at radius 3 is 3.11 bits per heavy atom. The van der Waals surface area contributed by atoms with Gasteiger partial charge in [-0.05, 0) is 38.3 Å². The van der Waals surface area contributed by atoms with Gasteiger partial charge in [0.05, 0.1) is 0 Å². The summed E-state index contributed by atoms with van der Waals surface area (Å²) in [5, 5.41) is 9.06. The number of pyridine rings is 1. The van der Waals surface area contributed by atoms with Gasteiger partial charge < -0.3 is 5.73 Å². The third-order valence-electron chi connectivity index (χ3n) is 3.81. The van der Waals surface area contributed by atoms with Gasteiger partial charge in [-0.2, -0.15) is 5.26 Å². The van der Waals surface area contributed by atoms with Gasteiger partial charge >= 0.3 is 0 Å². The molecule has 0 saturated carbocycles. The number of hydrogen-bond donors (Lipinski definition) is 1. The molecule has 2 unspecified atom stereocenters. The molecule has 0 bridgehead atoms. The standard InChI is InChI=1S/C14H20N4/c1-11-4-5-12(7-15)9-18(11)10-13-3-2-6-17-14(13)8-16/h2-3,6,11-12H,4-5,7,9-10,15H2,1H3. The second-order valence-electron chi connectivity index (χ2n) is 5.08. The van der Waals surface area contributed by atoms with E-state index in [2.05, 4.69) is 22.9 Å². The molecule has 1 aliphatic heterocycles. The highest BCUT2D eigenvalue weighted by atomic mass is 15.2. The summed E-state index contributed by atoms with van der Waals surface area (Å²) in [5.41, 5.74) is 7.33. The van der Waals surface area contributed by atoms with Crippen molar-refractivity contribution >= 4 is 0 Å². The van der Waals surface area contributed by atoms with Crippen LogP contribution < -0.4 is 5.73 Å². The van der Waals surface area contributed by atoms with Gasteiger partial charge in [-0.1, -0.05) is 6.07 Å². The molecule has 1 aromatic rings. The van der Waals surface area contributed by atoms with Crippen molar-refractivity contribution in [2.24, 2.45) is 11.7 Å². The van der Waals surface area contributed by atoms with E-state index in [4.69, 9.17) is 11.0 Å². The van der Waals surface area contributed by atoms with Crippen LogP contribution in [0.2, 0.25) is 0 Å². The Hall–Kier alpha value is -1.44. The van der Waals surface area contributed by atoms with Gasteiger partial charge in [-0.3, -0.25) is 4.90 Å². The highest BCUT2D eigenvalue weighted by Gasteiger charge is 2.25. The van der Waals surface area contributed by atoms with E-state index in [-0.39, 0.29) is 0 Å². The lowest BCUT2D eigenvalue weighted by Crippen LogP contribution is -2.43. The first-order valence-electron chi connectivity index (χ1n) is 6.52. The van der Waals surface area contributed by atoms with Crippen LogP contribution in [0.5, 0.6) is 0 Å². The Kier molecular flexibility index (Phi) is 4.29. The van der Waals surface area contributed by atoms with Crippen LogP contribution in [-0.4, -0.2) is 29.0 Å². The molecule has 1 aromatic heterocycles. The minimum Gasteiger partial charge on any atom is -0.330 e. The van der Waals surface area contributed by atoms with E-state index >= 15 is 0 Å². The summed E-state index contributed by atoms with van der Waals surface area (Å²) in [4.78, 5) is 6.53. The first-order valence-corrected chi connectivity index (χ1v) is 6.52. The Morgan fingerprint density at radius 1 is 1.56 bits per heavy atom. The molecule has 2 atom stereocenters. The van der Waals surface area contributed by atoms with Crippen LogP contribution in [0.15, 0.2) is 18.3 Å². The molecular formula is C14H20N4. The largest absolute Gasteiger partial charge is 0.330 e. The average Bonchev–Trinajstić information content (AvgIpc) is 2.42. The topological polar surface area (TPSA) is 65.9 Å². The fourth-order valence-electron chi connectivity index (χ4n) is 2.56. The monoisotopic (exact) mass is 244 g/mol. The van der Waals surface area contributed by atoms with E-state index in [9.17, 15) is 0 Å². The molecule has 0 aliphatic carbocycles. The third kappa shape index (κ3) is 2.87. The SMILES string of the molecule is CC1CCC(CN)CN1Cc1cccnc1C#N. The van der Waals surface area contributed by atoms with Gasteiger partial charge in [-0.15, -0.1) is 0 Å². The normalized spacial score (nSPS) is 24.7. The number of rotatable bonds is 3. The molecule has 2 heterocycles. The first-order chi connectivity index (χ1) is 8.74. The number of likely N-dealkylation sites (tertiary alicyclic amines) is 1. The summed E-state index contributed by atoms with van der Waals surface area (Å²) < 4.78 is 0. The molecule has 2 N–H and O–H groups in total. The van der Waals surface area contributed by atoms with Crippen molar-refractivity contribution in [3.05, 3.63) is 29.6 Å².